The van der Waals surface area contributed by atoms with Gasteiger partial charge in [0.25, 0.3) is 0 Å². The van der Waals surface area contributed by atoms with Crippen LogP contribution >= 0.6 is 11.6 Å². The van der Waals surface area contributed by atoms with Crippen molar-refractivity contribution < 1.29 is 9.53 Å². The summed E-state index contributed by atoms with van der Waals surface area (Å²) in [6.45, 7) is 0. The minimum Gasteiger partial charge on any atom is -0.450 e. The van der Waals surface area contributed by atoms with Gasteiger partial charge in [0, 0.05) is 34.5 Å². The van der Waals surface area contributed by atoms with E-state index in [1.807, 2.05) is 24.3 Å². The zero-order valence-electron chi connectivity index (χ0n) is 16.5. The maximum Gasteiger partial charge on any atom is 0.339 e. The third kappa shape index (κ3) is 2.99. The molecule has 4 heterocycles. The fourth-order valence-electron chi connectivity index (χ4n) is 4.71. The Hall–Kier alpha value is -3.32. The number of aromatic amines is 1. The van der Waals surface area contributed by atoms with Gasteiger partial charge >= 0.3 is 5.97 Å². The molecule has 1 fully saturated rings. The van der Waals surface area contributed by atoms with Gasteiger partial charge in [0.05, 0.1) is 11.8 Å². The number of hydrogen-bond acceptors (Lipinski definition) is 6. The highest BCUT2D eigenvalue weighted by Crippen LogP contribution is 2.49. The Balaban J connectivity index is 1.25. The number of pyridine rings is 1. The smallest absolute Gasteiger partial charge is 0.339 e. The Morgan fingerprint density at radius 3 is 2.68 bits per heavy atom. The Morgan fingerprint density at radius 2 is 1.87 bits per heavy atom. The molecule has 1 aliphatic carbocycles. The molecule has 31 heavy (non-hydrogen) atoms. The van der Waals surface area contributed by atoms with Crippen molar-refractivity contribution >= 4 is 28.7 Å². The predicted octanol–water partition coefficient (Wildman–Crippen LogP) is 4.79. The van der Waals surface area contributed by atoms with Crippen LogP contribution in [0.15, 0.2) is 48.9 Å². The normalized spacial score (nSPS) is 22.6. The first-order valence-corrected chi connectivity index (χ1v) is 10.7. The van der Waals surface area contributed by atoms with Crippen molar-refractivity contribution in [1.29, 1.82) is 0 Å². The number of benzene rings is 1. The van der Waals surface area contributed by atoms with E-state index in [4.69, 9.17) is 21.3 Å². The van der Waals surface area contributed by atoms with Crippen molar-refractivity contribution in [2.75, 3.05) is 0 Å². The zero-order valence-corrected chi connectivity index (χ0v) is 17.3. The lowest BCUT2D eigenvalue weighted by Crippen LogP contribution is -2.31. The first-order chi connectivity index (χ1) is 15.1. The van der Waals surface area contributed by atoms with Crippen LogP contribution in [0.25, 0.3) is 22.6 Å². The second-order valence-electron chi connectivity index (χ2n) is 8.14. The molecule has 1 spiro atoms. The van der Waals surface area contributed by atoms with Gasteiger partial charge in [-0.05, 0) is 56.0 Å². The Morgan fingerprint density at radius 1 is 1.06 bits per heavy atom. The molecule has 1 aromatic carbocycles. The third-order valence-electron chi connectivity index (χ3n) is 6.36. The number of rotatable bonds is 2. The summed E-state index contributed by atoms with van der Waals surface area (Å²) in [6, 6.07) is 9.18. The second-order valence-corrected chi connectivity index (χ2v) is 8.58. The molecule has 4 aromatic rings. The van der Waals surface area contributed by atoms with Crippen LogP contribution in [0, 0.1) is 0 Å². The van der Waals surface area contributed by atoms with Gasteiger partial charge < -0.3 is 9.72 Å². The second kappa shape index (κ2) is 6.85. The number of imidazole rings is 1. The van der Waals surface area contributed by atoms with Gasteiger partial charge in [-0.3, -0.25) is 4.98 Å². The molecule has 7 nitrogen and oxygen atoms in total. The highest BCUT2D eigenvalue weighted by atomic mass is 35.5. The highest BCUT2D eigenvalue weighted by molar-refractivity contribution is 6.30. The molecule has 1 aliphatic heterocycles. The maximum atomic E-state index is 12.3. The molecule has 0 radical (unpaired) electrons. The van der Waals surface area contributed by atoms with Crippen molar-refractivity contribution in [3.05, 3.63) is 70.9 Å². The number of nitrogens with one attached hydrogen (secondary N) is 1. The van der Waals surface area contributed by atoms with Crippen molar-refractivity contribution in [3.63, 3.8) is 0 Å². The highest BCUT2D eigenvalue weighted by Gasteiger charge is 2.48. The summed E-state index contributed by atoms with van der Waals surface area (Å²) in [7, 11) is 0. The van der Waals surface area contributed by atoms with E-state index in [0.29, 0.717) is 22.1 Å². The number of halogens is 1. The number of H-pyrrole nitrogens is 1. The average molecular weight is 432 g/mol. The van der Waals surface area contributed by atoms with E-state index in [0.717, 1.165) is 48.2 Å². The fourth-order valence-corrected chi connectivity index (χ4v) is 4.84. The summed E-state index contributed by atoms with van der Waals surface area (Å²) in [6.07, 6.45) is 8.40. The minimum absolute atomic E-state index is 0.246. The lowest BCUT2D eigenvalue weighted by molar-refractivity contribution is -0.0313. The average Bonchev–Trinajstić information content (AvgIpc) is 3.34. The number of nitrogens with zero attached hydrogens (tertiary/aromatic N) is 4. The molecule has 1 N–H and O–H groups in total. The standard InChI is InChI=1S/C23H18ClN5O2/c24-15-3-1-13(2-4-15)19-26-12-18-21(28-19)29-20(27-18)14-5-8-23(9-6-14)17-11-25-10-7-16(17)22(30)31-23/h1-4,7,10-12,14H,5-6,8-9H2,(H,26,27,28,29)/t14-,23-. The van der Waals surface area contributed by atoms with E-state index in [-0.39, 0.29) is 11.9 Å². The summed E-state index contributed by atoms with van der Waals surface area (Å²) in [5.74, 6) is 1.53. The molecule has 2 aliphatic rings. The molecule has 0 amide bonds. The molecule has 0 bridgehead atoms. The molecule has 1 saturated carbocycles. The Labute approximate surface area is 182 Å². The monoisotopic (exact) mass is 431 g/mol. The van der Waals surface area contributed by atoms with Gasteiger partial charge in [-0.1, -0.05) is 11.6 Å². The maximum absolute atomic E-state index is 12.3. The van der Waals surface area contributed by atoms with Gasteiger partial charge in [-0.25, -0.2) is 19.7 Å². The summed E-state index contributed by atoms with van der Waals surface area (Å²) in [5.41, 5.74) is 3.37. The minimum atomic E-state index is -0.551. The predicted molar refractivity (Wildman–Crippen MR) is 115 cm³/mol. The number of ether oxygens (including phenoxy) is 1. The molecule has 0 saturated heterocycles. The van der Waals surface area contributed by atoms with Crippen LogP contribution < -0.4 is 0 Å². The van der Waals surface area contributed by atoms with Crippen LogP contribution in [0.1, 0.15) is 53.3 Å². The Kier molecular flexibility index (Phi) is 4.08. The van der Waals surface area contributed by atoms with E-state index in [9.17, 15) is 4.79 Å². The molecular weight excluding hydrogens is 414 g/mol. The van der Waals surface area contributed by atoms with Gasteiger partial charge in [0.15, 0.2) is 11.5 Å². The van der Waals surface area contributed by atoms with Crippen molar-refractivity contribution in [2.45, 2.75) is 37.2 Å². The van der Waals surface area contributed by atoms with Crippen molar-refractivity contribution in [1.82, 2.24) is 24.9 Å². The molecule has 8 heteroatoms. The summed E-state index contributed by atoms with van der Waals surface area (Å²) in [5, 5.41) is 0.674. The first kappa shape index (κ1) is 18.4. The topological polar surface area (TPSA) is 93.6 Å². The lowest BCUT2D eigenvalue weighted by Gasteiger charge is -2.35. The largest absolute Gasteiger partial charge is 0.450 e. The molecular formula is C23H18ClN5O2. The van der Waals surface area contributed by atoms with Crippen LogP contribution in [-0.4, -0.2) is 30.9 Å². The lowest BCUT2D eigenvalue weighted by atomic mass is 9.75. The van der Waals surface area contributed by atoms with E-state index in [1.165, 1.54) is 0 Å². The number of fused-ring (bicyclic) bond motifs is 3. The fraction of sp³-hybridized carbons (Fsp3) is 0.261. The van der Waals surface area contributed by atoms with Crippen LogP contribution in [-0.2, 0) is 10.3 Å². The van der Waals surface area contributed by atoms with Crippen LogP contribution in [0.3, 0.4) is 0 Å². The quantitative estimate of drug-likeness (QED) is 0.458. The van der Waals surface area contributed by atoms with Gasteiger partial charge in [-0.2, -0.15) is 0 Å². The molecule has 0 unspecified atom stereocenters. The summed E-state index contributed by atoms with van der Waals surface area (Å²) >= 11 is 5.98. The zero-order chi connectivity index (χ0) is 21.0. The number of carbonyl (C=O) groups is 1. The van der Waals surface area contributed by atoms with Crippen LogP contribution in [0.5, 0.6) is 0 Å². The molecule has 0 atom stereocenters. The van der Waals surface area contributed by atoms with Crippen molar-refractivity contribution in [2.24, 2.45) is 0 Å². The Bertz CT molecular complexity index is 1310. The molecule has 3 aromatic heterocycles. The first-order valence-electron chi connectivity index (χ1n) is 10.3. The summed E-state index contributed by atoms with van der Waals surface area (Å²) in [4.78, 5) is 33.7. The third-order valence-corrected chi connectivity index (χ3v) is 6.61. The molecule has 6 rings (SSSR count). The number of aromatic nitrogens is 5. The van der Waals surface area contributed by atoms with E-state index < -0.39 is 5.60 Å². The van der Waals surface area contributed by atoms with Gasteiger partial charge in [0.2, 0.25) is 0 Å². The van der Waals surface area contributed by atoms with Crippen LogP contribution in [0.4, 0.5) is 0 Å². The van der Waals surface area contributed by atoms with Gasteiger partial charge in [0.1, 0.15) is 16.9 Å². The summed E-state index contributed by atoms with van der Waals surface area (Å²) < 4.78 is 5.84. The number of esters is 1. The van der Waals surface area contributed by atoms with Crippen molar-refractivity contribution in [3.8, 4) is 11.4 Å². The van der Waals surface area contributed by atoms with Crippen LogP contribution in [0.2, 0.25) is 5.02 Å². The SMILES string of the molecule is O=C1O[C@]2(CC[C@H](c3nc4nc(-c5ccc(Cl)cc5)ncc4[nH]3)CC2)c2cnccc21. The number of hydrogen-bond donors (Lipinski definition) is 1. The van der Waals surface area contributed by atoms with E-state index in [2.05, 4.69) is 19.9 Å². The van der Waals surface area contributed by atoms with Gasteiger partial charge in [-0.15, -0.1) is 0 Å². The molecule has 154 valence electrons. The van der Waals surface area contributed by atoms with E-state index >= 15 is 0 Å². The number of carbonyl (C=O) groups excluding carboxylic acids is 1. The van der Waals surface area contributed by atoms with E-state index in [1.54, 1.807) is 24.7 Å².